The van der Waals surface area contributed by atoms with Gasteiger partial charge in [0.05, 0.1) is 13.2 Å². The lowest BCUT2D eigenvalue weighted by Gasteiger charge is -2.10. The molecule has 1 aromatic heterocycles. The van der Waals surface area contributed by atoms with Crippen molar-refractivity contribution in [3.8, 4) is 0 Å². The van der Waals surface area contributed by atoms with E-state index in [2.05, 4.69) is 31.0 Å². The minimum Gasteiger partial charge on any atom is -0.464 e. The molecule has 1 aromatic rings. The van der Waals surface area contributed by atoms with Crippen LogP contribution < -0.4 is 5.32 Å². The average molecular weight is 319 g/mol. The van der Waals surface area contributed by atoms with Crippen molar-refractivity contribution in [2.45, 2.75) is 13.0 Å². The topological polar surface area (TPSA) is 68.3 Å². The number of halogens is 2. The molecule has 0 aliphatic heterocycles. The van der Waals surface area contributed by atoms with Crippen LogP contribution in [0.4, 0.5) is 4.39 Å². The van der Waals surface area contributed by atoms with Gasteiger partial charge in [0.1, 0.15) is 18.1 Å². The van der Waals surface area contributed by atoms with Crippen LogP contribution in [0.15, 0.2) is 16.6 Å². The predicted molar refractivity (Wildman–Crippen MR) is 66.2 cm³/mol. The zero-order chi connectivity index (χ0) is 13.7. The molecule has 1 unspecified atom stereocenters. The highest BCUT2D eigenvalue weighted by molar-refractivity contribution is 9.10. The van der Waals surface area contributed by atoms with Gasteiger partial charge in [-0.25, -0.2) is 14.2 Å². The molecule has 1 rings (SSSR count). The van der Waals surface area contributed by atoms with Crippen molar-refractivity contribution in [2.24, 2.45) is 0 Å². The first-order valence-corrected chi connectivity index (χ1v) is 5.90. The Morgan fingerprint density at radius 3 is 2.67 bits per heavy atom. The molecular weight excluding hydrogens is 307 g/mol. The summed E-state index contributed by atoms with van der Waals surface area (Å²) in [6.07, 6.45) is 0. The fraction of sp³-hybridized carbons (Fsp3) is 0.364. The molecule has 0 spiro atoms. The molecule has 1 N–H and O–H groups in total. The minimum atomic E-state index is -0.677. The Bertz CT molecular complexity index is 468. The third-order valence-corrected chi connectivity index (χ3v) is 2.48. The summed E-state index contributed by atoms with van der Waals surface area (Å²) in [5.41, 5.74) is 0.0231. The summed E-state index contributed by atoms with van der Waals surface area (Å²) < 4.78 is 17.3. The molecule has 18 heavy (non-hydrogen) atoms. The van der Waals surface area contributed by atoms with Crippen LogP contribution >= 0.6 is 15.9 Å². The molecule has 5 nitrogen and oxygen atoms in total. The second-order valence-corrected chi connectivity index (χ2v) is 4.49. The first-order chi connectivity index (χ1) is 8.47. The van der Waals surface area contributed by atoms with Crippen molar-refractivity contribution in [1.29, 1.82) is 0 Å². The lowest BCUT2D eigenvalue weighted by Crippen LogP contribution is -2.34. The van der Waals surface area contributed by atoms with E-state index in [9.17, 15) is 14.0 Å². The molecule has 0 aliphatic rings. The van der Waals surface area contributed by atoms with Crippen LogP contribution in [0.2, 0.25) is 0 Å². The fourth-order valence-corrected chi connectivity index (χ4v) is 1.59. The van der Waals surface area contributed by atoms with Gasteiger partial charge >= 0.3 is 5.97 Å². The summed E-state index contributed by atoms with van der Waals surface area (Å²) in [5.74, 6) is -1.20. The van der Waals surface area contributed by atoms with Gasteiger partial charge in [0.25, 0.3) is 5.91 Å². The Labute approximate surface area is 112 Å². The van der Waals surface area contributed by atoms with Gasteiger partial charge in [0.15, 0.2) is 0 Å². The van der Waals surface area contributed by atoms with E-state index in [4.69, 9.17) is 0 Å². The highest BCUT2D eigenvalue weighted by Gasteiger charge is 2.15. The van der Waals surface area contributed by atoms with E-state index in [1.165, 1.54) is 26.2 Å². The highest BCUT2D eigenvalue weighted by Crippen LogP contribution is 2.13. The molecule has 1 heterocycles. The normalized spacial score (nSPS) is 11.8. The monoisotopic (exact) mass is 318 g/mol. The number of hydrogen-bond acceptors (Lipinski definition) is 4. The third kappa shape index (κ3) is 3.76. The standard InChI is InChI=1S/C11H12BrFN2O3/c1-6(5-13)14-10(16)8-3-7(12)4-9(15-8)11(17)18-2/h3-4,6H,5H2,1-2H3,(H,14,16). The smallest absolute Gasteiger partial charge is 0.356 e. The number of alkyl halides is 1. The minimum absolute atomic E-state index is 0.00456. The summed E-state index contributed by atoms with van der Waals surface area (Å²) in [7, 11) is 1.22. The van der Waals surface area contributed by atoms with Crippen molar-refractivity contribution in [1.82, 2.24) is 10.3 Å². The molecule has 0 aliphatic carbocycles. The Hall–Kier alpha value is -1.50. The summed E-state index contributed by atoms with van der Waals surface area (Å²) in [5, 5.41) is 2.41. The average Bonchev–Trinajstić information content (AvgIpc) is 2.36. The maximum absolute atomic E-state index is 12.3. The summed E-state index contributed by atoms with van der Waals surface area (Å²) in [6, 6.07) is 2.26. The molecular formula is C11H12BrFN2O3. The van der Waals surface area contributed by atoms with E-state index >= 15 is 0 Å². The number of carbonyl (C=O) groups is 2. The van der Waals surface area contributed by atoms with Crippen LogP contribution in [0.3, 0.4) is 0 Å². The zero-order valence-corrected chi connectivity index (χ0v) is 11.5. The number of rotatable bonds is 4. The lowest BCUT2D eigenvalue weighted by atomic mass is 10.2. The van der Waals surface area contributed by atoms with E-state index in [0.29, 0.717) is 4.47 Å². The largest absolute Gasteiger partial charge is 0.464 e. The van der Waals surface area contributed by atoms with E-state index in [0.717, 1.165) is 0 Å². The second-order valence-electron chi connectivity index (χ2n) is 3.58. The highest BCUT2D eigenvalue weighted by atomic mass is 79.9. The number of amides is 1. The Morgan fingerprint density at radius 2 is 2.11 bits per heavy atom. The van der Waals surface area contributed by atoms with Gasteiger partial charge in [0, 0.05) is 4.47 Å². The Morgan fingerprint density at radius 1 is 1.50 bits per heavy atom. The van der Waals surface area contributed by atoms with Crippen LogP contribution in [0, 0.1) is 0 Å². The van der Waals surface area contributed by atoms with Gasteiger partial charge in [-0.05, 0) is 19.1 Å². The number of methoxy groups -OCH3 is 1. The molecule has 0 radical (unpaired) electrons. The molecule has 7 heteroatoms. The van der Waals surface area contributed by atoms with Crippen molar-refractivity contribution >= 4 is 27.8 Å². The van der Waals surface area contributed by atoms with Crippen molar-refractivity contribution in [2.75, 3.05) is 13.8 Å². The van der Waals surface area contributed by atoms with Gasteiger partial charge in [0.2, 0.25) is 0 Å². The molecule has 0 aromatic carbocycles. The number of aromatic nitrogens is 1. The summed E-state index contributed by atoms with van der Waals surface area (Å²) in [4.78, 5) is 26.9. The van der Waals surface area contributed by atoms with Gasteiger partial charge in [-0.1, -0.05) is 15.9 Å². The Balaban J connectivity index is 2.99. The molecule has 0 saturated carbocycles. The zero-order valence-electron chi connectivity index (χ0n) is 9.87. The number of nitrogens with zero attached hydrogens (tertiary/aromatic N) is 1. The molecule has 1 atom stereocenters. The number of ether oxygens (including phenoxy) is 1. The van der Waals surface area contributed by atoms with Crippen molar-refractivity contribution in [3.63, 3.8) is 0 Å². The van der Waals surface area contributed by atoms with Crippen LogP contribution in [0.1, 0.15) is 27.9 Å². The van der Waals surface area contributed by atoms with Gasteiger partial charge in [-0.3, -0.25) is 4.79 Å². The molecule has 1 amide bonds. The SMILES string of the molecule is COC(=O)c1cc(Br)cc(C(=O)NC(C)CF)n1. The maximum atomic E-state index is 12.3. The number of hydrogen-bond donors (Lipinski definition) is 1. The Kier molecular flexibility index (Phi) is 5.21. The molecule has 0 saturated heterocycles. The van der Waals surface area contributed by atoms with Crippen LogP contribution in [0.25, 0.3) is 0 Å². The van der Waals surface area contributed by atoms with Gasteiger partial charge in [-0.2, -0.15) is 0 Å². The fourth-order valence-electron chi connectivity index (χ4n) is 1.16. The summed E-state index contributed by atoms with van der Waals surface area (Å²) in [6.45, 7) is 0.848. The number of esters is 1. The van der Waals surface area contributed by atoms with Crippen LogP contribution in [-0.2, 0) is 4.74 Å². The lowest BCUT2D eigenvalue weighted by molar-refractivity contribution is 0.0594. The van der Waals surface area contributed by atoms with Gasteiger partial charge < -0.3 is 10.1 Å². The third-order valence-electron chi connectivity index (χ3n) is 2.03. The molecule has 98 valence electrons. The van der Waals surface area contributed by atoms with E-state index < -0.39 is 24.6 Å². The number of carbonyl (C=O) groups excluding carboxylic acids is 2. The van der Waals surface area contributed by atoms with Crippen molar-refractivity contribution in [3.05, 3.63) is 28.0 Å². The molecule has 0 fully saturated rings. The van der Waals surface area contributed by atoms with Crippen LogP contribution in [-0.4, -0.2) is 36.7 Å². The van der Waals surface area contributed by atoms with E-state index in [1.807, 2.05) is 0 Å². The summed E-state index contributed by atoms with van der Waals surface area (Å²) >= 11 is 3.16. The van der Waals surface area contributed by atoms with Crippen molar-refractivity contribution < 1.29 is 18.7 Å². The first-order valence-electron chi connectivity index (χ1n) is 5.10. The number of pyridine rings is 1. The van der Waals surface area contributed by atoms with Crippen LogP contribution in [0.5, 0.6) is 0 Å². The second kappa shape index (κ2) is 6.44. The maximum Gasteiger partial charge on any atom is 0.356 e. The quantitative estimate of drug-likeness (QED) is 0.858. The predicted octanol–water partition coefficient (Wildman–Crippen LogP) is 1.72. The first kappa shape index (κ1) is 14.6. The van der Waals surface area contributed by atoms with E-state index in [-0.39, 0.29) is 11.4 Å². The van der Waals surface area contributed by atoms with E-state index in [1.54, 1.807) is 0 Å². The molecule has 0 bridgehead atoms. The number of nitrogens with one attached hydrogen (secondary N) is 1. The van der Waals surface area contributed by atoms with Gasteiger partial charge in [-0.15, -0.1) is 0 Å².